The lowest BCUT2D eigenvalue weighted by molar-refractivity contribution is -0.148. The number of nitrogens with zero attached hydrogens (tertiary/aromatic N) is 1. The molecule has 2 bridgehead atoms. The van der Waals surface area contributed by atoms with E-state index in [9.17, 15) is 14.7 Å². The molecule has 0 radical (unpaired) electrons. The van der Waals surface area contributed by atoms with Gasteiger partial charge in [-0.3, -0.25) is 9.59 Å². The molecule has 1 heterocycles. The number of thiazole rings is 1. The zero-order chi connectivity index (χ0) is 22.5. The van der Waals surface area contributed by atoms with Crippen LogP contribution in [0.25, 0.3) is 11.3 Å². The van der Waals surface area contributed by atoms with E-state index in [0.29, 0.717) is 5.13 Å². The van der Waals surface area contributed by atoms with Crippen molar-refractivity contribution in [1.29, 1.82) is 0 Å². The molecule has 31 heavy (non-hydrogen) atoms. The Labute approximate surface area is 187 Å². The number of carboxylic acid groups (broad SMARTS) is 1. The van der Waals surface area contributed by atoms with E-state index in [4.69, 9.17) is 0 Å². The van der Waals surface area contributed by atoms with E-state index in [-0.39, 0.29) is 23.2 Å². The van der Waals surface area contributed by atoms with Crippen molar-refractivity contribution in [3.63, 3.8) is 0 Å². The minimum atomic E-state index is -0.870. The predicted octanol–water partition coefficient (Wildman–Crippen LogP) is 5.74. The van der Waals surface area contributed by atoms with Gasteiger partial charge in [-0.2, -0.15) is 0 Å². The van der Waals surface area contributed by atoms with Crippen molar-refractivity contribution in [3.8, 4) is 11.3 Å². The number of amides is 1. The number of hydrogen-bond acceptors (Lipinski definition) is 4. The molecule has 2 fully saturated rings. The third-order valence-electron chi connectivity index (χ3n) is 6.79. The highest BCUT2D eigenvalue weighted by molar-refractivity contribution is 7.14. The molecule has 0 spiro atoms. The molecular formula is C25H30N2O3S. The first-order valence-corrected chi connectivity index (χ1v) is 11.7. The Kier molecular flexibility index (Phi) is 5.54. The summed E-state index contributed by atoms with van der Waals surface area (Å²) in [5.41, 5.74) is 5.50. The second-order valence-electron chi connectivity index (χ2n) is 9.99. The maximum absolute atomic E-state index is 13.2. The monoisotopic (exact) mass is 438 g/mol. The minimum Gasteiger partial charge on any atom is -0.481 e. The quantitative estimate of drug-likeness (QED) is 0.597. The lowest BCUT2D eigenvalue weighted by Gasteiger charge is -2.25. The first-order chi connectivity index (χ1) is 14.6. The Hall–Kier alpha value is -2.47. The number of nitrogens with one attached hydrogen (secondary N) is 1. The van der Waals surface area contributed by atoms with Crippen LogP contribution < -0.4 is 5.32 Å². The van der Waals surface area contributed by atoms with Crippen molar-refractivity contribution in [1.82, 2.24) is 4.98 Å². The number of fused-ring (bicyclic) bond motifs is 2. The van der Waals surface area contributed by atoms with Crippen molar-refractivity contribution in [2.24, 2.45) is 23.7 Å². The van der Waals surface area contributed by atoms with Gasteiger partial charge in [0.15, 0.2) is 5.13 Å². The third-order valence-corrected chi connectivity index (χ3v) is 7.55. The highest BCUT2D eigenvalue weighted by Gasteiger charge is 2.57. The van der Waals surface area contributed by atoms with Crippen LogP contribution in [0.1, 0.15) is 53.0 Å². The molecule has 2 aliphatic rings. The molecule has 4 atom stereocenters. The summed E-state index contributed by atoms with van der Waals surface area (Å²) in [5.74, 6) is -2.25. The summed E-state index contributed by atoms with van der Waals surface area (Å²) in [6.45, 7) is 10.6. The zero-order valence-corrected chi connectivity index (χ0v) is 19.5. The van der Waals surface area contributed by atoms with Gasteiger partial charge >= 0.3 is 5.97 Å². The number of carbonyl (C=O) groups is 2. The molecule has 4 unspecified atom stereocenters. The third kappa shape index (κ3) is 3.93. The van der Waals surface area contributed by atoms with Gasteiger partial charge in [-0.25, -0.2) is 4.98 Å². The largest absolute Gasteiger partial charge is 0.481 e. The van der Waals surface area contributed by atoms with Gasteiger partial charge in [0.1, 0.15) is 0 Å². The molecular weight excluding hydrogens is 408 g/mol. The van der Waals surface area contributed by atoms with Crippen LogP contribution in [-0.4, -0.2) is 22.0 Å². The standard InChI is InChI=1S/C25H30N2O3S/c1-13(2)19-16-10-11-17(19)21(23(29)30)20(16)22(28)27-24-26-18(12-31-24)14-6-8-15(9-7-14)25(3,4)5/h6-9,12,16-17,20-21H,10-11H2,1-5H3,(H,29,30)(H,26,27,28). The number of benzene rings is 1. The van der Waals surface area contributed by atoms with Crippen LogP contribution in [0.15, 0.2) is 40.8 Å². The Morgan fingerprint density at radius 1 is 1.06 bits per heavy atom. The number of anilines is 1. The number of hydrogen-bond donors (Lipinski definition) is 2. The van der Waals surface area contributed by atoms with Crippen molar-refractivity contribution in [2.45, 2.75) is 52.9 Å². The Balaban J connectivity index is 1.53. The van der Waals surface area contributed by atoms with Crippen molar-refractivity contribution in [3.05, 3.63) is 46.4 Å². The molecule has 1 aromatic carbocycles. The average Bonchev–Trinajstić information content (AvgIpc) is 3.40. The number of rotatable bonds is 4. The normalized spacial score (nSPS) is 25.0. The summed E-state index contributed by atoms with van der Waals surface area (Å²) in [6.07, 6.45) is 1.74. The van der Waals surface area contributed by atoms with Crippen molar-refractivity contribution >= 4 is 28.3 Å². The van der Waals surface area contributed by atoms with E-state index in [0.717, 1.165) is 29.7 Å². The van der Waals surface area contributed by atoms with E-state index >= 15 is 0 Å². The number of carboxylic acids is 1. The molecule has 2 N–H and O–H groups in total. The fourth-order valence-corrected chi connectivity index (χ4v) is 6.12. The summed E-state index contributed by atoms with van der Waals surface area (Å²) in [7, 11) is 0. The lowest BCUT2D eigenvalue weighted by atomic mass is 9.79. The first-order valence-electron chi connectivity index (χ1n) is 10.9. The van der Waals surface area contributed by atoms with Crippen LogP contribution >= 0.6 is 11.3 Å². The molecule has 2 aromatic rings. The van der Waals surface area contributed by atoms with Gasteiger partial charge in [0.25, 0.3) is 0 Å². The number of carbonyl (C=O) groups excluding carboxylic acids is 1. The SMILES string of the molecule is CC(C)=C1C2CCC1C(C(=O)Nc1nc(-c3ccc(C(C)(C)C)cc3)cs1)C2C(=O)O. The molecule has 1 aromatic heterocycles. The predicted molar refractivity (Wildman–Crippen MR) is 124 cm³/mol. The van der Waals surface area contributed by atoms with Gasteiger partial charge in [-0.15, -0.1) is 11.3 Å². The molecule has 5 nitrogen and oxygen atoms in total. The van der Waals surface area contributed by atoms with Gasteiger partial charge in [0.2, 0.25) is 5.91 Å². The molecule has 2 saturated carbocycles. The minimum absolute atomic E-state index is 0.0172. The Morgan fingerprint density at radius 2 is 1.68 bits per heavy atom. The number of aliphatic carboxylic acids is 1. The highest BCUT2D eigenvalue weighted by Crippen LogP contribution is 2.57. The van der Waals surface area contributed by atoms with Gasteiger partial charge in [0.05, 0.1) is 17.5 Å². The van der Waals surface area contributed by atoms with Crippen LogP contribution in [0.2, 0.25) is 0 Å². The summed E-state index contributed by atoms with van der Waals surface area (Å²) < 4.78 is 0. The summed E-state index contributed by atoms with van der Waals surface area (Å²) in [4.78, 5) is 29.8. The highest BCUT2D eigenvalue weighted by atomic mass is 32.1. The van der Waals surface area contributed by atoms with E-state index in [1.165, 1.54) is 22.5 Å². The second-order valence-corrected chi connectivity index (χ2v) is 10.8. The van der Waals surface area contributed by atoms with Gasteiger partial charge < -0.3 is 10.4 Å². The second kappa shape index (κ2) is 7.90. The summed E-state index contributed by atoms with van der Waals surface area (Å²) in [6, 6.07) is 8.33. The summed E-state index contributed by atoms with van der Waals surface area (Å²) >= 11 is 1.38. The molecule has 4 rings (SSSR count). The number of allylic oxidation sites excluding steroid dienone is 2. The Bertz CT molecular complexity index is 1040. The smallest absolute Gasteiger partial charge is 0.307 e. The Morgan fingerprint density at radius 3 is 2.23 bits per heavy atom. The fraction of sp³-hybridized carbons (Fsp3) is 0.480. The molecule has 164 valence electrons. The van der Waals surface area contributed by atoms with E-state index in [1.807, 2.05) is 19.2 Å². The molecule has 0 aliphatic heterocycles. The van der Waals surface area contributed by atoms with Gasteiger partial charge in [-0.1, -0.05) is 56.2 Å². The van der Waals surface area contributed by atoms with Gasteiger partial charge in [0, 0.05) is 10.9 Å². The molecule has 2 aliphatic carbocycles. The topological polar surface area (TPSA) is 79.3 Å². The lowest BCUT2D eigenvalue weighted by Crippen LogP contribution is -2.37. The van der Waals surface area contributed by atoms with Crippen LogP contribution in [0, 0.1) is 23.7 Å². The zero-order valence-electron chi connectivity index (χ0n) is 18.7. The van der Waals surface area contributed by atoms with Crippen LogP contribution in [0.5, 0.6) is 0 Å². The van der Waals surface area contributed by atoms with E-state index in [1.54, 1.807) is 0 Å². The molecule has 6 heteroatoms. The fourth-order valence-electron chi connectivity index (χ4n) is 5.40. The van der Waals surface area contributed by atoms with Crippen LogP contribution in [0.4, 0.5) is 5.13 Å². The van der Waals surface area contributed by atoms with Crippen LogP contribution in [0.3, 0.4) is 0 Å². The van der Waals surface area contributed by atoms with E-state index < -0.39 is 17.8 Å². The maximum atomic E-state index is 13.2. The molecule has 1 amide bonds. The number of aromatic nitrogens is 1. The van der Waals surface area contributed by atoms with Crippen LogP contribution in [-0.2, 0) is 15.0 Å². The first kappa shape index (κ1) is 21.8. The average molecular weight is 439 g/mol. The van der Waals surface area contributed by atoms with Gasteiger partial charge in [-0.05, 0) is 49.5 Å². The van der Waals surface area contributed by atoms with Crippen molar-refractivity contribution < 1.29 is 14.7 Å². The van der Waals surface area contributed by atoms with E-state index in [2.05, 4.69) is 55.3 Å². The molecule has 0 saturated heterocycles. The summed E-state index contributed by atoms with van der Waals surface area (Å²) in [5, 5.41) is 15.2. The van der Waals surface area contributed by atoms with Crippen molar-refractivity contribution in [2.75, 3.05) is 5.32 Å². The maximum Gasteiger partial charge on any atom is 0.307 e.